The highest BCUT2D eigenvalue weighted by Gasteiger charge is 2.34. The number of allylic oxidation sites excluding steroid dienone is 2. The molecule has 0 radical (unpaired) electrons. The molecule has 0 saturated heterocycles. The molecule has 7 aromatic rings. The third-order valence-electron chi connectivity index (χ3n) is 9.14. The summed E-state index contributed by atoms with van der Waals surface area (Å²) in [5.74, 6) is 4.23. The molecule has 2 aliphatic rings. The fraction of sp³-hybridized carbons (Fsp3) is 0. The highest BCUT2D eigenvalue weighted by molar-refractivity contribution is 6.84. The number of aromatic nitrogens is 3. The quantitative estimate of drug-likeness (QED) is 0.182. The molecule has 1 aromatic heterocycles. The molecular weight excluding hydrogens is 583 g/mol. The van der Waals surface area contributed by atoms with Crippen LogP contribution in [0.4, 0.5) is 5.69 Å². The first kappa shape index (κ1) is 27.9. The van der Waals surface area contributed by atoms with Gasteiger partial charge in [-0.05, 0) is 51.5 Å². The van der Waals surface area contributed by atoms with E-state index >= 15 is 0 Å². The Labute approximate surface area is 280 Å². The Bertz CT molecular complexity index is 2290. The molecule has 0 N–H and O–H groups in total. The Hall–Kier alpha value is -6.33. The lowest BCUT2D eigenvalue weighted by atomic mass is 9.49. The monoisotopic (exact) mass is 612 g/mol. The van der Waals surface area contributed by atoms with Crippen LogP contribution in [0.25, 0.3) is 61.7 Å². The Kier molecular flexibility index (Phi) is 6.87. The number of benzene rings is 6. The van der Waals surface area contributed by atoms with Crippen molar-refractivity contribution in [3.63, 3.8) is 0 Å². The van der Waals surface area contributed by atoms with Gasteiger partial charge in [-0.15, -0.1) is 0 Å². The average molecular weight is 613 g/mol. The van der Waals surface area contributed by atoms with Gasteiger partial charge in [0.2, 0.25) is 0 Å². The number of nitrogens with zero attached hydrogens (tertiary/aromatic N) is 4. The van der Waals surface area contributed by atoms with Crippen molar-refractivity contribution in [1.82, 2.24) is 15.0 Å². The van der Waals surface area contributed by atoms with Gasteiger partial charge in [0.05, 0.1) is 0 Å². The predicted octanol–water partition coefficient (Wildman–Crippen LogP) is 9.38. The first-order valence-electron chi connectivity index (χ1n) is 16.2. The van der Waals surface area contributed by atoms with Crippen molar-refractivity contribution in [2.45, 2.75) is 0 Å². The van der Waals surface area contributed by atoms with E-state index in [1.807, 2.05) is 60.7 Å². The molecule has 0 saturated carbocycles. The maximum atomic E-state index is 5.00. The first-order valence-corrected chi connectivity index (χ1v) is 16.2. The molecule has 9 rings (SSSR count). The van der Waals surface area contributed by atoms with E-state index in [1.165, 1.54) is 38.8 Å². The number of anilines is 1. The number of rotatable bonds is 5. The van der Waals surface area contributed by atoms with Crippen LogP contribution >= 0.6 is 0 Å². The summed E-state index contributed by atoms with van der Waals surface area (Å²) in [5, 5.41) is 0. The van der Waals surface area contributed by atoms with Crippen LogP contribution in [0.2, 0.25) is 0 Å². The summed E-state index contributed by atoms with van der Waals surface area (Å²) >= 11 is 0. The first-order chi connectivity index (χ1) is 23.8. The fourth-order valence-electron chi connectivity index (χ4n) is 6.77. The zero-order chi connectivity index (χ0) is 31.9. The second kappa shape index (κ2) is 11.8. The lowest BCUT2D eigenvalue weighted by Crippen LogP contribution is -2.49. The van der Waals surface area contributed by atoms with Gasteiger partial charge in [-0.1, -0.05) is 152 Å². The van der Waals surface area contributed by atoms with Crippen LogP contribution in [-0.4, -0.2) is 21.8 Å². The molecule has 224 valence electrons. The highest BCUT2D eigenvalue weighted by atomic mass is 15.1. The van der Waals surface area contributed by atoms with E-state index in [1.54, 1.807) is 0 Å². The Balaban J connectivity index is 1.12. The Morgan fingerprint density at radius 1 is 0.417 bits per heavy atom. The van der Waals surface area contributed by atoms with Crippen LogP contribution in [0, 0.1) is 0 Å². The van der Waals surface area contributed by atoms with Crippen LogP contribution in [0.3, 0.4) is 0 Å². The summed E-state index contributed by atoms with van der Waals surface area (Å²) in [6.45, 7) is 0.0485. The van der Waals surface area contributed by atoms with Gasteiger partial charge in [-0.2, -0.15) is 0 Å². The van der Waals surface area contributed by atoms with Crippen LogP contribution in [0.15, 0.2) is 176 Å². The molecule has 2 aliphatic heterocycles. The average Bonchev–Trinajstić information content (AvgIpc) is 3.18. The zero-order valence-electron chi connectivity index (χ0n) is 26.1. The van der Waals surface area contributed by atoms with E-state index in [9.17, 15) is 0 Å². The molecule has 6 aromatic carbocycles. The van der Waals surface area contributed by atoms with Crippen molar-refractivity contribution in [3.05, 3.63) is 182 Å². The van der Waals surface area contributed by atoms with E-state index in [0.717, 1.165) is 22.4 Å². The third-order valence-corrected chi connectivity index (χ3v) is 9.14. The van der Waals surface area contributed by atoms with Crippen molar-refractivity contribution in [2.75, 3.05) is 4.81 Å². The van der Waals surface area contributed by atoms with Crippen LogP contribution in [-0.2, 0) is 0 Å². The van der Waals surface area contributed by atoms with Gasteiger partial charge in [0.1, 0.15) is 0 Å². The Morgan fingerprint density at radius 3 is 1.65 bits per heavy atom. The molecule has 0 aliphatic carbocycles. The SMILES string of the molecule is C1=CC(c2nc(-c3ccccc3)nc(-c3ccccc3)n2)=CN2B1c1ccc(-c3cccc(-c4ccccc4)c3)cc1-c1ccccc12. The van der Waals surface area contributed by atoms with Crippen molar-refractivity contribution >= 4 is 23.6 Å². The smallest absolute Gasteiger partial charge is 0.320 e. The van der Waals surface area contributed by atoms with E-state index in [-0.39, 0.29) is 6.85 Å². The molecule has 4 nitrogen and oxygen atoms in total. The fourth-order valence-corrected chi connectivity index (χ4v) is 6.77. The molecule has 48 heavy (non-hydrogen) atoms. The van der Waals surface area contributed by atoms with Gasteiger partial charge < -0.3 is 4.81 Å². The van der Waals surface area contributed by atoms with E-state index in [2.05, 4.69) is 120 Å². The van der Waals surface area contributed by atoms with Gasteiger partial charge in [0, 0.05) is 34.2 Å². The van der Waals surface area contributed by atoms with Crippen molar-refractivity contribution in [1.29, 1.82) is 0 Å². The number of hydrogen-bond acceptors (Lipinski definition) is 4. The van der Waals surface area contributed by atoms with E-state index in [4.69, 9.17) is 15.0 Å². The second-order valence-electron chi connectivity index (χ2n) is 12.1. The van der Waals surface area contributed by atoms with Crippen molar-refractivity contribution < 1.29 is 0 Å². The molecule has 0 bridgehead atoms. The highest BCUT2D eigenvalue weighted by Crippen LogP contribution is 2.40. The topological polar surface area (TPSA) is 41.9 Å². The summed E-state index contributed by atoms with van der Waals surface area (Å²) in [6.07, 6.45) is 4.36. The second-order valence-corrected chi connectivity index (χ2v) is 12.1. The van der Waals surface area contributed by atoms with Gasteiger partial charge in [0.25, 0.3) is 0 Å². The van der Waals surface area contributed by atoms with Crippen LogP contribution in [0.1, 0.15) is 5.82 Å². The third kappa shape index (κ3) is 5.02. The zero-order valence-corrected chi connectivity index (χ0v) is 26.1. The molecular formula is C43H29BN4. The summed E-state index contributed by atoms with van der Waals surface area (Å²) in [7, 11) is 0. The largest absolute Gasteiger partial charge is 0.382 e. The summed E-state index contributed by atoms with van der Waals surface area (Å²) in [5.41, 5.74) is 12.6. The molecule has 0 spiro atoms. The van der Waals surface area contributed by atoms with Crippen LogP contribution in [0.5, 0.6) is 0 Å². The minimum absolute atomic E-state index is 0.0485. The van der Waals surface area contributed by atoms with E-state index in [0.29, 0.717) is 17.5 Å². The molecule has 0 unspecified atom stereocenters. The maximum absolute atomic E-state index is 5.00. The van der Waals surface area contributed by atoms with Gasteiger partial charge >= 0.3 is 6.85 Å². The normalized spacial score (nSPS) is 13.0. The van der Waals surface area contributed by atoms with Gasteiger partial charge in [0.15, 0.2) is 17.5 Å². The Morgan fingerprint density at radius 2 is 0.958 bits per heavy atom. The van der Waals surface area contributed by atoms with Gasteiger partial charge in [-0.25, -0.2) is 15.0 Å². The summed E-state index contributed by atoms with van der Waals surface area (Å²) in [4.78, 5) is 17.2. The van der Waals surface area contributed by atoms with Crippen LogP contribution < -0.4 is 10.3 Å². The van der Waals surface area contributed by atoms with Gasteiger partial charge in [-0.3, -0.25) is 0 Å². The number of hydrogen-bond donors (Lipinski definition) is 0. The van der Waals surface area contributed by atoms with Crippen molar-refractivity contribution in [2.24, 2.45) is 0 Å². The molecule has 0 amide bonds. The lowest BCUT2D eigenvalue weighted by Gasteiger charge is -2.37. The molecule has 0 atom stereocenters. The lowest BCUT2D eigenvalue weighted by molar-refractivity contribution is 1.04. The van der Waals surface area contributed by atoms with E-state index < -0.39 is 0 Å². The number of para-hydroxylation sites is 1. The minimum Gasteiger partial charge on any atom is -0.382 e. The predicted molar refractivity (Wildman–Crippen MR) is 198 cm³/mol. The molecule has 0 fully saturated rings. The molecule has 3 heterocycles. The minimum atomic E-state index is 0.0485. The molecule has 5 heteroatoms. The standard InChI is InChI=1S/C43H29BN4/c1-4-13-30(14-5-1)33-19-12-20-34(27-33)35-23-24-39-38(28-35)37-21-10-11-22-40(37)48-29-36(25-26-44(39)48)43-46-41(31-15-6-2-7-16-31)45-42(47-43)32-17-8-3-9-18-32/h1-29H. The number of fused-ring (bicyclic) bond motifs is 6. The summed E-state index contributed by atoms with van der Waals surface area (Å²) in [6, 6.07) is 55.2. The van der Waals surface area contributed by atoms with Crippen molar-refractivity contribution in [3.8, 4) is 56.2 Å². The summed E-state index contributed by atoms with van der Waals surface area (Å²) < 4.78 is 0. The maximum Gasteiger partial charge on any atom is 0.320 e.